The highest BCUT2D eigenvalue weighted by atomic mass is 16.4. The van der Waals surface area contributed by atoms with Gasteiger partial charge in [0, 0.05) is 12.2 Å². The monoisotopic (exact) mass is 308 g/mol. The molecule has 0 fully saturated rings. The first-order chi connectivity index (χ1) is 10.5. The average molecular weight is 308 g/mol. The summed E-state index contributed by atoms with van der Waals surface area (Å²) in [5.41, 5.74) is 2.84. The van der Waals surface area contributed by atoms with E-state index in [0.29, 0.717) is 0 Å². The summed E-state index contributed by atoms with van der Waals surface area (Å²) in [5, 5.41) is 23.3. The van der Waals surface area contributed by atoms with E-state index in [9.17, 15) is 9.59 Å². The van der Waals surface area contributed by atoms with Crippen LogP contribution in [-0.4, -0.2) is 41.3 Å². The number of hydrogen-bond donors (Lipinski definition) is 4. The second-order valence-electron chi connectivity index (χ2n) is 4.98. The maximum absolute atomic E-state index is 12.1. The molecular formula is C16H24N2O4. The van der Waals surface area contributed by atoms with Crippen molar-refractivity contribution >= 4 is 17.6 Å². The molecule has 0 heterocycles. The van der Waals surface area contributed by atoms with Crippen LogP contribution in [0.15, 0.2) is 18.2 Å². The molecule has 0 spiro atoms. The van der Waals surface area contributed by atoms with Gasteiger partial charge in [-0.3, -0.25) is 9.59 Å². The summed E-state index contributed by atoms with van der Waals surface area (Å²) in [6.45, 7) is 3.97. The molecule has 4 N–H and O–H groups in total. The number of amides is 1. The summed E-state index contributed by atoms with van der Waals surface area (Å²) >= 11 is 0. The largest absolute Gasteiger partial charge is 0.480 e. The number of hydrogen-bond acceptors (Lipinski definition) is 4. The van der Waals surface area contributed by atoms with E-state index >= 15 is 0 Å². The lowest BCUT2D eigenvalue weighted by Gasteiger charge is -2.17. The van der Waals surface area contributed by atoms with Gasteiger partial charge in [0.25, 0.3) is 0 Å². The number of nitrogens with one attached hydrogen (secondary N) is 2. The number of rotatable bonds is 9. The molecule has 1 rings (SSSR count). The Morgan fingerprint density at radius 2 is 1.77 bits per heavy atom. The van der Waals surface area contributed by atoms with Crippen molar-refractivity contribution in [1.82, 2.24) is 5.32 Å². The molecule has 122 valence electrons. The molecule has 0 saturated heterocycles. The quantitative estimate of drug-likeness (QED) is 0.549. The second kappa shape index (κ2) is 9.17. The Hall–Kier alpha value is -1.92. The van der Waals surface area contributed by atoms with Gasteiger partial charge in [-0.1, -0.05) is 32.0 Å². The van der Waals surface area contributed by atoms with E-state index in [0.717, 1.165) is 29.7 Å². The second-order valence-corrected chi connectivity index (χ2v) is 4.98. The van der Waals surface area contributed by atoms with Crippen LogP contribution in [0.25, 0.3) is 0 Å². The van der Waals surface area contributed by atoms with Crippen LogP contribution in [0.2, 0.25) is 0 Å². The number of carboxylic acid groups (broad SMARTS) is 1. The smallest absolute Gasteiger partial charge is 0.321 e. The first-order valence-corrected chi connectivity index (χ1v) is 7.51. The third kappa shape index (κ3) is 5.13. The molecule has 6 heteroatoms. The third-order valence-corrected chi connectivity index (χ3v) is 3.45. The number of carbonyl (C=O) groups excluding carboxylic acids is 1. The maximum atomic E-state index is 12.1. The van der Waals surface area contributed by atoms with Crippen molar-refractivity contribution in [3.05, 3.63) is 29.3 Å². The summed E-state index contributed by atoms with van der Waals surface area (Å²) in [6, 6.07) is 4.85. The van der Waals surface area contributed by atoms with Crippen LogP contribution in [0.4, 0.5) is 5.69 Å². The van der Waals surface area contributed by atoms with Gasteiger partial charge >= 0.3 is 5.97 Å². The van der Waals surface area contributed by atoms with Gasteiger partial charge in [0.15, 0.2) is 0 Å². The highest BCUT2D eigenvalue weighted by Crippen LogP contribution is 2.22. The number of aliphatic hydroxyl groups is 1. The lowest BCUT2D eigenvalue weighted by molar-refractivity contribution is -0.141. The normalized spacial score (nSPS) is 12.0. The van der Waals surface area contributed by atoms with Crippen LogP contribution in [0.5, 0.6) is 0 Å². The Morgan fingerprint density at radius 3 is 2.23 bits per heavy atom. The zero-order valence-corrected chi connectivity index (χ0v) is 13.1. The number of para-hydroxylation sites is 1. The van der Waals surface area contributed by atoms with Gasteiger partial charge in [-0.15, -0.1) is 0 Å². The van der Waals surface area contributed by atoms with Gasteiger partial charge in [0.05, 0.1) is 13.0 Å². The molecule has 0 aromatic heterocycles. The van der Waals surface area contributed by atoms with Crippen molar-refractivity contribution < 1.29 is 19.8 Å². The molecule has 0 bridgehead atoms. The van der Waals surface area contributed by atoms with Crippen LogP contribution in [0.3, 0.4) is 0 Å². The van der Waals surface area contributed by atoms with Crippen LogP contribution < -0.4 is 10.6 Å². The Morgan fingerprint density at radius 1 is 1.18 bits per heavy atom. The first kappa shape index (κ1) is 18.1. The number of benzene rings is 1. The predicted octanol–water partition coefficient (Wildman–Crippen LogP) is 1.18. The molecular weight excluding hydrogens is 284 g/mol. The molecule has 1 atom stereocenters. The molecule has 0 saturated carbocycles. The summed E-state index contributed by atoms with van der Waals surface area (Å²) in [6.07, 6.45) is 1.39. The van der Waals surface area contributed by atoms with E-state index in [2.05, 4.69) is 10.6 Å². The van der Waals surface area contributed by atoms with Crippen molar-refractivity contribution in [3.8, 4) is 0 Å². The number of aliphatic hydroxyl groups excluding tert-OH is 1. The minimum atomic E-state index is -1.11. The van der Waals surface area contributed by atoms with Gasteiger partial charge in [-0.05, 0) is 24.0 Å². The average Bonchev–Trinajstić information content (AvgIpc) is 2.51. The van der Waals surface area contributed by atoms with Crippen molar-refractivity contribution in [2.24, 2.45) is 0 Å². The Bertz CT molecular complexity index is 495. The molecule has 1 aromatic carbocycles. The SMILES string of the molecule is CCc1cccc(CC)c1NC(=O)CC(NCCO)C(=O)O. The number of carboxylic acids is 1. The van der Waals surface area contributed by atoms with E-state index in [1.54, 1.807) is 0 Å². The van der Waals surface area contributed by atoms with E-state index in [1.807, 2.05) is 32.0 Å². The third-order valence-electron chi connectivity index (χ3n) is 3.45. The molecule has 6 nitrogen and oxygen atoms in total. The first-order valence-electron chi connectivity index (χ1n) is 7.51. The van der Waals surface area contributed by atoms with Gasteiger partial charge < -0.3 is 20.8 Å². The van der Waals surface area contributed by atoms with E-state index in [-0.39, 0.29) is 25.5 Å². The molecule has 1 unspecified atom stereocenters. The van der Waals surface area contributed by atoms with E-state index in [4.69, 9.17) is 10.2 Å². The van der Waals surface area contributed by atoms with Crippen molar-refractivity contribution in [2.45, 2.75) is 39.2 Å². The molecule has 0 aliphatic carbocycles. The van der Waals surface area contributed by atoms with Gasteiger partial charge in [0.2, 0.25) is 5.91 Å². The Balaban J connectivity index is 2.81. The van der Waals surface area contributed by atoms with Gasteiger partial charge in [-0.25, -0.2) is 0 Å². The highest BCUT2D eigenvalue weighted by molar-refractivity contribution is 5.95. The lowest BCUT2D eigenvalue weighted by atomic mass is 10.0. The van der Waals surface area contributed by atoms with Crippen molar-refractivity contribution in [1.29, 1.82) is 0 Å². The predicted molar refractivity (Wildman–Crippen MR) is 85.0 cm³/mol. The zero-order chi connectivity index (χ0) is 16.5. The van der Waals surface area contributed by atoms with Crippen molar-refractivity contribution in [2.75, 3.05) is 18.5 Å². The molecule has 22 heavy (non-hydrogen) atoms. The minimum absolute atomic E-state index is 0.135. The number of carbonyl (C=O) groups is 2. The Kier molecular flexibility index (Phi) is 7.56. The van der Waals surface area contributed by atoms with E-state index < -0.39 is 12.0 Å². The van der Waals surface area contributed by atoms with Gasteiger partial charge in [-0.2, -0.15) is 0 Å². The summed E-state index contributed by atoms with van der Waals surface area (Å²) in [4.78, 5) is 23.3. The fourth-order valence-corrected chi connectivity index (χ4v) is 2.26. The highest BCUT2D eigenvalue weighted by Gasteiger charge is 2.21. The van der Waals surface area contributed by atoms with Crippen molar-refractivity contribution in [3.63, 3.8) is 0 Å². The van der Waals surface area contributed by atoms with Crippen LogP contribution in [0.1, 0.15) is 31.4 Å². The number of anilines is 1. The van der Waals surface area contributed by atoms with Crippen LogP contribution in [0, 0.1) is 0 Å². The fraction of sp³-hybridized carbons (Fsp3) is 0.500. The molecule has 0 aliphatic heterocycles. The summed E-state index contributed by atoms with van der Waals surface area (Å²) < 4.78 is 0. The van der Waals surface area contributed by atoms with E-state index in [1.165, 1.54) is 0 Å². The van der Waals surface area contributed by atoms with Crippen LogP contribution >= 0.6 is 0 Å². The standard InChI is InChI=1S/C16H24N2O4/c1-3-11-6-5-7-12(4-2)15(11)18-14(20)10-13(16(21)22)17-8-9-19/h5-7,13,17,19H,3-4,8-10H2,1-2H3,(H,18,20)(H,21,22). The molecule has 1 amide bonds. The Labute approximate surface area is 130 Å². The maximum Gasteiger partial charge on any atom is 0.321 e. The number of aryl methyl sites for hydroxylation is 2. The zero-order valence-electron chi connectivity index (χ0n) is 13.1. The molecule has 0 aliphatic rings. The fourth-order valence-electron chi connectivity index (χ4n) is 2.26. The lowest BCUT2D eigenvalue weighted by Crippen LogP contribution is -2.41. The topological polar surface area (TPSA) is 98.7 Å². The summed E-state index contributed by atoms with van der Waals surface area (Å²) in [7, 11) is 0. The minimum Gasteiger partial charge on any atom is -0.480 e. The van der Waals surface area contributed by atoms with Gasteiger partial charge in [0.1, 0.15) is 6.04 Å². The van der Waals surface area contributed by atoms with Crippen LogP contribution in [-0.2, 0) is 22.4 Å². The molecule has 0 radical (unpaired) electrons. The summed E-state index contributed by atoms with van der Waals surface area (Å²) in [5.74, 6) is -1.46. The number of aliphatic carboxylic acids is 1. The molecule has 1 aromatic rings.